The van der Waals surface area contributed by atoms with Gasteiger partial charge in [0.1, 0.15) is 12.8 Å². The summed E-state index contributed by atoms with van der Waals surface area (Å²) in [5.74, 6) is -3.41. The number of nitrogens with zero attached hydrogens (tertiary/aromatic N) is 2. The molecular formula is C35H50N6O8. The lowest BCUT2D eigenvalue weighted by Gasteiger charge is -2.33. The zero-order chi connectivity index (χ0) is 36.9. The van der Waals surface area contributed by atoms with E-state index in [0.29, 0.717) is 30.0 Å². The standard InChI is InChI=1S/C31H40N6O7.C3H8.CH2O/c1-20(2)37(25(17-29(41)42)30(43)33-18-27(39)36-14-6-7-15-36)28(40)19-32-26(38)16-22-10-12-23(13-11-22)34-31(44)35-24-9-5-4-8-21(24)3;1-3-2;1-2/h4-5,8-13,20,25H,6-7,14-19H2,1-3H3,(H,32,38)(H,33,43)(H,41,42)(H2,34,35,44);3H2,1-2H3;1H2. The van der Waals surface area contributed by atoms with Gasteiger partial charge in [-0.25, -0.2) is 4.79 Å². The molecule has 14 heteroatoms. The summed E-state index contributed by atoms with van der Waals surface area (Å²) in [5.41, 5.74) is 2.76. The van der Waals surface area contributed by atoms with Gasteiger partial charge in [-0.3, -0.25) is 24.0 Å². The van der Waals surface area contributed by atoms with Gasteiger partial charge in [0.15, 0.2) is 0 Å². The summed E-state index contributed by atoms with van der Waals surface area (Å²) in [6.45, 7) is 11.9. The molecule has 1 heterocycles. The van der Waals surface area contributed by atoms with Gasteiger partial charge in [-0.05, 0) is 62.9 Å². The molecule has 1 saturated heterocycles. The SMILES string of the molecule is C=O.CCC.Cc1ccccc1NC(=O)Nc1ccc(CC(=O)NCC(=O)N(C(C)C)C(CC(=O)O)C(=O)NCC(=O)N2CCCC2)cc1. The van der Waals surface area contributed by atoms with Gasteiger partial charge in [0.05, 0.1) is 25.9 Å². The number of carbonyl (C=O) groups is 7. The van der Waals surface area contributed by atoms with Gasteiger partial charge in [-0.15, -0.1) is 0 Å². The molecule has 6 amide bonds. The van der Waals surface area contributed by atoms with E-state index in [1.807, 2.05) is 31.9 Å². The van der Waals surface area contributed by atoms with Crippen LogP contribution in [0.5, 0.6) is 0 Å². The number of para-hydroxylation sites is 1. The number of benzene rings is 2. The first kappa shape index (κ1) is 41.8. The Labute approximate surface area is 288 Å². The molecule has 0 radical (unpaired) electrons. The molecule has 1 unspecified atom stereocenters. The van der Waals surface area contributed by atoms with Crippen molar-refractivity contribution in [2.45, 2.75) is 78.8 Å². The zero-order valence-corrected chi connectivity index (χ0v) is 29.0. The number of likely N-dealkylation sites (tertiary alicyclic amines) is 1. The first-order chi connectivity index (χ1) is 23.4. The summed E-state index contributed by atoms with van der Waals surface area (Å²) in [6.07, 6.45) is 2.31. The van der Waals surface area contributed by atoms with Crippen molar-refractivity contribution in [1.82, 2.24) is 20.4 Å². The summed E-state index contributed by atoms with van der Waals surface area (Å²) in [7, 11) is 0. The summed E-state index contributed by atoms with van der Waals surface area (Å²) in [5, 5.41) is 19.9. The van der Waals surface area contributed by atoms with Crippen LogP contribution in [0.4, 0.5) is 16.2 Å². The van der Waals surface area contributed by atoms with E-state index in [0.717, 1.165) is 23.3 Å². The second-order valence-electron chi connectivity index (χ2n) is 11.6. The van der Waals surface area contributed by atoms with Gasteiger partial charge in [0.2, 0.25) is 23.6 Å². The van der Waals surface area contributed by atoms with E-state index in [2.05, 4.69) is 35.1 Å². The molecule has 0 bridgehead atoms. The molecule has 0 aliphatic carbocycles. The van der Waals surface area contributed by atoms with Gasteiger partial charge in [-0.1, -0.05) is 50.6 Å². The maximum absolute atomic E-state index is 13.1. The monoisotopic (exact) mass is 682 g/mol. The molecule has 3 rings (SSSR count). The Morgan fingerprint density at radius 3 is 2.02 bits per heavy atom. The first-order valence-corrected chi connectivity index (χ1v) is 16.2. The molecule has 2 aromatic carbocycles. The molecule has 2 aromatic rings. The minimum absolute atomic E-state index is 0.0533. The van der Waals surface area contributed by atoms with E-state index in [4.69, 9.17) is 4.79 Å². The van der Waals surface area contributed by atoms with E-state index in [1.54, 1.807) is 49.1 Å². The molecule has 5 N–H and O–H groups in total. The summed E-state index contributed by atoms with van der Waals surface area (Å²) < 4.78 is 0. The van der Waals surface area contributed by atoms with Gasteiger partial charge in [0.25, 0.3) is 0 Å². The predicted molar refractivity (Wildman–Crippen MR) is 187 cm³/mol. The average molecular weight is 683 g/mol. The van der Waals surface area contributed by atoms with Crippen LogP contribution in [0.2, 0.25) is 0 Å². The van der Waals surface area contributed by atoms with Gasteiger partial charge in [-0.2, -0.15) is 0 Å². The third-order valence-electron chi connectivity index (χ3n) is 7.13. The number of aliphatic carboxylic acids is 1. The molecule has 1 aliphatic rings. The van der Waals surface area contributed by atoms with Crippen molar-refractivity contribution in [2.24, 2.45) is 0 Å². The normalized spacial score (nSPS) is 12.2. The smallest absolute Gasteiger partial charge is 0.323 e. The Balaban J connectivity index is 0.00000227. The van der Waals surface area contributed by atoms with E-state index in [1.165, 1.54) is 6.42 Å². The number of aryl methyl sites for hydroxylation is 1. The van der Waals surface area contributed by atoms with Crippen LogP contribution >= 0.6 is 0 Å². The number of nitrogens with one attached hydrogen (secondary N) is 4. The number of anilines is 2. The summed E-state index contributed by atoms with van der Waals surface area (Å²) in [6, 6.07) is 11.7. The molecule has 1 aliphatic heterocycles. The van der Waals surface area contributed by atoms with Crippen molar-refractivity contribution in [3.63, 3.8) is 0 Å². The molecular weight excluding hydrogens is 632 g/mol. The molecule has 0 aromatic heterocycles. The quantitative estimate of drug-likeness (QED) is 0.212. The van der Waals surface area contributed by atoms with Crippen molar-refractivity contribution < 1.29 is 38.7 Å². The number of carboxylic acids is 1. The topological polar surface area (TPSA) is 194 Å². The number of amides is 6. The Morgan fingerprint density at radius 2 is 1.47 bits per heavy atom. The van der Waals surface area contributed by atoms with Crippen LogP contribution in [0.25, 0.3) is 0 Å². The first-order valence-electron chi connectivity index (χ1n) is 16.2. The Bertz CT molecular complexity index is 1390. The number of urea groups is 1. The molecule has 14 nitrogen and oxygen atoms in total. The number of carboxylic acid groups (broad SMARTS) is 1. The van der Waals surface area contributed by atoms with E-state index in [9.17, 15) is 33.9 Å². The summed E-state index contributed by atoms with van der Waals surface area (Å²) >= 11 is 0. The highest BCUT2D eigenvalue weighted by atomic mass is 16.4. The fourth-order valence-electron chi connectivity index (χ4n) is 4.88. The van der Waals surface area contributed by atoms with Crippen LogP contribution in [0.15, 0.2) is 48.5 Å². The van der Waals surface area contributed by atoms with Crippen LogP contribution in [0.1, 0.15) is 64.5 Å². The van der Waals surface area contributed by atoms with Crippen LogP contribution in [0, 0.1) is 6.92 Å². The van der Waals surface area contributed by atoms with Crippen molar-refractivity contribution in [3.05, 3.63) is 59.7 Å². The number of hydrogen-bond donors (Lipinski definition) is 5. The predicted octanol–water partition coefficient (Wildman–Crippen LogP) is 3.35. The minimum atomic E-state index is -1.37. The summed E-state index contributed by atoms with van der Waals surface area (Å²) in [4.78, 5) is 85.7. The third kappa shape index (κ3) is 15.0. The van der Waals surface area contributed by atoms with Gasteiger partial charge >= 0.3 is 12.0 Å². The Morgan fingerprint density at radius 1 is 0.878 bits per heavy atom. The highest BCUT2D eigenvalue weighted by Crippen LogP contribution is 2.16. The van der Waals surface area contributed by atoms with E-state index >= 15 is 0 Å². The second-order valence-corrected chi connectivity index (χ2v) is 11.6. The van der Waals surface area contributed by atoms with Crippen molar-refractivity contribution in [3.8, 4) is 0 Å². The minimum Gasteiger partial charge on any atom is -0.481 e. The second kappa shape index (κ2) is 22.3. The number of rotatable bonds is 13. The molecule has 1 fully saturated rings. The van der Waals surface area contributed by atoms with Crippen LogP contribution < -0.4 is 21.3 Å². The van der Waals surface area contributed by atoms with Crippen LogP contribution in [-0.2, 0) is 35.2 Å². The molecule has 268 valence electrons. The molecule has 0 spiro atoms. The van der Waals surface area contributed by atoms with Crippen molar-refractivity contribution in [2.75, 3.05) is 36.8 Å². The lowest BCUT2D eigenvalue weighted by atomic mass is 10.1. The highest BCUT2D eigenvalue weighted by molar-refractivity contribution is 6.00. The fourth-order valence-corrected chi connectivity index (χ4v) is 4.88. The largest absolute Gasteiger partial charge is 0.481 e. The van der Waals surface area contributed by atoms with Crippen molar-refractivity contribution >= 4 is 53.8 Å². The third-order valence-corrected chi connectivity index (χ3v) is 7.13. The fraction of sp³-hybridized carbons (Fsp3) is 0.457. The lowest BCUT2D eigenvalue weighted by molar-refractivity contribution is -0.148. The highest BCUT2D eigenvalue weighted by Gasteiger charge is 2.34. The Kier molecular flexibility index (Phi) is 19.0. The molecule has 1 atom stereocenters. The van der Waals surface area contributed by atoms with E-state index < -0.39 is 54.8 Å². The average Bonchev–Trinajstić information content (AvgIpc) is 3.61. The zero-order valence-electron chi connectivity index (χ0n) is 29.0. The van der Waals surface area contributed by atoms with Crippen molar-refractivity contribution in [1.29, 1.82) is 0 Å². The lowest BCUT2D eigenvalue weighted by Crippen LogP contribution is -2.56. The Hall–Kier alpha value is -5.27. The van der Waals surface area contributed by atoms with Crippen LogP contribution in [-0.4, -0.2) is 95.6 Å². The van der Waals surface area contributed by atoms with E-state index in [-0.39, 0.29) is 18.9 Å². The number of hydrogen-bond acceptors (Lipinski definition) is 7. The maximum atomic E-state index is 13.1. The molecule has 49 heavy (non-hydrogen) atoms. The van der Waals surface area contributed by atoms with Gasteiger partial charge in [0, 0.05) is 30.5 Å². The van der Waals surface area contributed by atoms with Crippen LogP contribution in [0.3, 0.4) is 0 Å². The number of carbonyl (C=O) groups excluding carboxylic acids is 6. The maximum Gasteiger partial charge on any atom is 0.323 e. The van der Waals surface area contributed by atoms with Gasteiger partial charge < -0.3 is 41.0 Å². The molecule has 0 saturated carbocycles.